The summed E-state index contributed by atoms with van der Waals surface area (Å²) in [6.07, 6.45) is 1.82. The van der Waals surface area contributed by atoms with E-state index >= 15 is 0 Å². The normalized spacial score (nSPS) is 10.4. The average Bonchev–Trinajstić information content (AvgIpc) is 2.32. The predicted molar refractivity (Wildman–Crippen MR) is 69.7 cm³/mol. The maximum atomic E-state index is 12.9. The number of aromatic nitrogens is 2. The molecule has 1 aromatic carbocycles. The Kier molecular flexibility index (Phi) is 3.88. The molecule has 94 valence electrons. The van der Waals surface area contributed by atoms with Gasteiger partial charge in [0.05, 0.1) is 5.02 Å². The summed E-state index contributed by atoms with van der Waals surface area (Å²) in [7, 11) is 0. The van der Waals surface area contributed by atoms with Crippen LogP contribution in [0.1, 0.15) is 0 Å². The Labute approximate surface area is 112 Å². The van der Waals surface area contributed by atoms with E-state index in [9.17, 15) is 4.39 Å². The van der Waals surface area contributed by atoms with Crippen LogP contribution in [0.4, 0.5) is 10.2 Å². The van der Waals surface area contributed by atoms with Crippen LogP contribution in [0.15, 0.2) is 29.4 Å². The SMILES string of the molecule is CSc1nc(N)cc(Oc2ccc(F)cc2Cl)n1. The fourth-order valence-corrected chi connectivity index (χ4v) is 1.82. The summed E-state index contributed by atoms with van der Waals surface area (Å²) in [6.45, 7) is 0. The second kappa shape index (κ2) is 5.41. The number of nitrogens with zero attached hydrogens (tertiary/aromatic N) is 2. The van der Waals surface area contributed by atoms with Crippen LogP contribution in [0.2, 0.25) is 5.02 Å². The Bertz CT molecular complexity index is 582. The first-order valence-corrected chi connectivity index (χ1v) is 6.50. The zero-order valence-electron chi connectivity index (χ0n) is 9.35. The van der Waals surface area contributed by atoms with Gasteiger partial charge in [-0.05, 0) is 24.5 Å². The van der Waals surface area contributed by atoms with E-state index in [1.807, 2.05) is 6.26 Å². The van der Waals surface area contributed by atoms with Crippen LogP contribution in [0, 0.1) is 5.82 Å². The highest BCUT2D eigenvalue weighted by molar-refractivity contribution is 7.98. The molecule has 0 saturated heterocycles. The van der Waals surface area contributed by atoms with Crippen LogP contribution in [0.5, 0.6) is 11.6 Å². The maximum Gasteiger partial charge on any atom is 0.225 e. The van der Waals surface area contributed by atoms with Gasteiger partial charge in [-0.1, -0.05) is 23.4 Å². The Morgan fingerprint density at radius 2 is 2.11 bits per heavy atom. The molecular weight excluding hydrogens is 277 g/mol. The molecule has 0 atom stereocenters. The molecule has 2 aromatic rings. The fraction of sp³-hybridized carbons (Fsp3) is 0.0909. The molecule has 0 aliphatic carbocycles. The van der Waals surface area contributed by atoms with Crippen molar-refractivity contribution in [2.24, 2.45) is 0 Å². The second-order valence-electron chi connectivity index (χ2n) is 3.29. The second-order valence-corrected chi connectivity index (χ2v) is 4.48. The molecule has 0 aliphatic rings. The number of ether oxygens (including phenoxy) is 1. The highest BCUT2D eigenvalue weighted by Crippen LogP contribution is 2.30. The lowest BCUT2D eigenvalue weighted by molar-refractivity contribution is 0.455. The summed E-state index contributed by atoms with van der Waals surface area (Å²) in [4.78, 5) is 8.10. The van der Waals surface area contributed by atoms with Gasteiger partial charge < -0.3 is 10.5 Å². The molecule has 18 heavy (non-hydrogen) atoms. The Morgan fingerprint density at radius 1 is 1.33 bits per heavy atom. The Morgan fingerprint density at radius 3 is 2.78 bits per heavy atom. The van der Waals surface area contributed by atoms with Gasteiger partial charge in [0.25, 0.3) is 0 Å². The van der Waals surface area contributed by atoms with Crippen LogP contribution in [-0.2, 0) is 0 Å². The summed E-state index contributed by atoms with van der Waals surface area (Å²) in [5, 5.41) is 0.654. The molecule has 0 fully saturated rings. The molecule has 0 amide bonds. The first kappa shape index (κ1) is 12.9. The van der Waals surface area contributed by atoms with Crippen molar-refractivity contribution in [3.05, 3.63) is 35.1 Å². The number of thioether (sulfide) groups is 1. The molecule has 1 heterocycles. The maximum absolute atomic E-state index is 12.9. The highest BCUT2D eigenvalue weighted by atomic mass is 35.5. The van der Waals surface area contributed by atoms with Crippen molar-refractivity contribution in [3.63, 3.8) is 0 Å². The minimum absolute atomic E-state index is 0.165. The van der Waals surface area contributed by atoms with E-state index in [4.69, 9.17) is 22.1 Å². The molecule has 1 aromatic heterocycles. The topological polar surface area (TPSA) is 61.0 Å². The first-order valence-electron chi connectivity index (χ1n) is 4.90. The number of benzene rings is 1. The third-order valence-electron chi connectivity index (χ3n) is 1.99. The molecule has 7 heteroatoms. The van der Waals surface area contributed by atoms with E-state index in [2.05, 4.69) is 9.97 Å². The van der Waals surface area contributed by atoms with Gasteiger partial charge >= 0.3 is 0 Å². The van der Waals surface area contributed by atoms with Gasteiger partial charge in [0.1, 0.15) is 17.4 Å². The van der Waals surface area contributed by atoms with E-state index in [1.165, 1.54) is 30.0 Å². The smallest absolute Gasteiger partial charge is 0.225 e. The molecule has 2 N–H and O–H groups in total. The van der Waals surface area contributed by atoms with Gasteiger partial charge in [0, 0.05) is 6.07 Å². The number of anilines is 1. The van der Waals surface area contributed by atoms with Crippen LogP contribution < -0.4 is 10.5 Å². The molecule has 0 bridgehead atoms. The number of nitrogen functional groups attached to an aromatic ring is 1. The van der Waals surface area contributed by atoms with Crippen LogP contribution in [0.3, 0.4) is 0 Å². The third-order valence-corrected chi connectivity index (χ3v) is 2.84. The highest BCUT2D eigenvalue weighted by Gasteiger charge is 2.08. The quantitative estimate of drug-likeness (QED) is 0.692. The van der Waals surface area contributed by atoms with Gasteiger partial charge in [0.2, 0.25) is 5.88 Å². The van der Waals surface area contributed by atoms with Crippen molar-refractivity contribution in [2.75, 3.05) is 12.0 Å². The summed E-state index contributed by atoms with van der Waals surface area (Å²) in [6, 6.07) is 5.31. The van der Waals surface area contributed by atoms with Crippen LogP contribution >= 0.6 is 23.4 Å². The number of rotatable bonds is 3. The van der Waals surface area contributed by atoms with Crippen LogP contribution in [0.25, 0.3) is 0 Å². The molecule has 4 nitrogen and oxygen atoms in total. The molecule has 2 rings (SSSR count). The summed E-state index contributed by atoms with van der Waals surface area (Å²) in [5.41, 5.74) is 5.61. The number of hydrogen-bond donors (Lipinski definition) is 1. The van der Waals surface area contributed by atoms with Gasteiger partial charge in [-0.2, -0.15) is 4.98 Å². The summed E-state index contributed by atoms with van der Waals surface area (Å²) < 4.78 is 18.3. The lowest BCUT2D eigenvalue weighted by Crippen LogP contribution is -1.97. The fourth-order valence-electron chi connectivity index (χ4n) is 1.23. The zero-order valence-corrected chi connectivity index (χ0v) is 10.9. The van der Waals surface area contributed by atoms with Crippen LogP contribution in [-0.4, -0.2) is 16.2 Å². The minimum atomic E-state index is -0.431. The standard InChI is InChI=1S/C11H9ClFN3OS/c1-18-11-15-9(14)5-10(16-11)17-8-3-2-6(13)4-7(8)12/h2-5H,1H3,(H2,14,15,16). The molecule has 0 radical (unpaired) electrons. The zero-order chi connectivity index (χ0) is 13.1. The summed E-state index contributed by atoms with van der Waals surface area (Å²) in [5.74, 6) is 0.436. The van der Waals surface area contributed by atoms with Crippen molar-refractivity contribution in [1.82, 2.24) is 9.97 Å². The first-order chi connectivity index (χ1) is 8.58. The van der Waals surface area contributed by atoms with Gasteiger partial charge in [-0.25, -0.2) is 9.37 Å². The predicted octanol–water partition coefficient (Wildman–Crippen LogP) is 3.37. The van der Waals surface area contributed by atoms with Gasteiger partial charge in [-0.15, -0.1) is 0 Å². The Balaban J connectivity index is 2.30. The van der Waals surface area contributed by atoms with Crippen molar-refractivity contribution >= 4 is 29.2 Å². The molecule has 0 spiro atoms. The molecule has 0 unspecified atom stereocenters. The van der Waals surface area contributed by atoms with E-state index in [0.29, 0.717) is 16.7 Å². The van der Waals surface area contributed by atoms with E-state index < -0.39 is 5.82 Å². The molecule has 0 saturated carbocycles. The van der Waals surface area contributed by atoms with Crippen molar-refractivity contribution < 1.29 is 9.13 Å². The van der Waals surface area contributed by atoms with E-state index in [1.54, 1.807) is 0 Å². The lowest BCUT2D eigenvalue weighted by atomic mass is 10.3. The monoisotopic (exact) mass is 285 g/mol. The van der Waals surface area contributed by atoms with E-state index in [-0.39, 0.29) is 10.9 Å². The number of halogens is 2. The van der Waals surface area contributed by atoms with Crippen molar-refractivity contribution in [3.8, 4) is 11.6 Å². The van der Waals surface area contributed by atoms with Gasteiger partial charge in [0.15, 0.2) is 5.16 Å². The van der Waals surface area contributed by atoms with Crippen molar-refractivity contribution in [2.45, 2.75) is 5.16 Å². The Hall–Kier alpha value is -1.53. The van der Waals surface area contributed by atoms with E-state index in [0.717, 1.165) is 6.07 Å². The molecule has 0 aliphatic heterocycles. The third kappa shape index (κ3) is 3.02. The van der Waals surface area contributed by atoms with Gasteiger partial charge in [-0.3, -0.25) is 0 Å². The van der Waals surface area contributed by atoms with Crippen molar-refractivity contribution in [1.29, 1.82) is 0 Å². The largest absolute Gasteiger partial charge is 0.437 e. The minimum Gasteiger partial charge on any atom is -0.437 e. The summed E-state index contributed by atoms with van der Waals surface area (Å²) >= 11 is 7.19. The average molecular weight is 286 g/mol. The lowest BCUT2D eigenvalue weighted by Gasteiger charge is -2.07. The number of nitrogens with two attached hydrogens (primary N) is 1. The molecular formula is C11H9ClFN3OS. The number of hydrogen-bond acceptors (Lipinski definition) is 5.